The van der Waals surface area contributed by atoms with Crippen molar-refractivity contribution < 1.29 is 0 Å². The van der Waals surface area contributed by atoms with E-state index in [1.54, 1.807) is 12.5 Å². The highest BCUT2D eigenvalue weighted by Gasteiger charge is 2.08. The summed E-state index contributed by atoms with van der Waals surface area (Å²) in [6.45, 7) is 4.35. The number of anilines is 1. The van der Waals surface area contributed by atoms with Gasteiger partial charge in [0.15, 0.2) is 5.65 Å². The zero-order chi connectivity index (χ0) is 13.2. The maximum absolute atomic E-state index is 4.26. The van der Waals surface area contributed by atoms with Gasteiger partial charge in [0.25, 0.3) is 0 Å². The van der Waals surface area contributed by atoms with E-state index < -0.39 is 0 Å². The summed E-state index contributed by atoms with van der Waals surface area (Å²) < 4.78 is 1.82. The Hall–Kier alpha value is -2.43. The molecule has 3 rings (SSSR count). The molecule has 0 spiro atoms. The molecule has 0 saturated carbocycles. The van der Waals surface area contributed by atoms with Gasteiger partial charge in [0, 0.05) is 0 Å². The summed E-state index contributed by atoms with van der Waals surface area (Å²) >= 11 is 0. The molecule has 0 unspecified atom stereocenters. The smallest absolute Gasteiger partial charge is 0.182 e. The van der Waals surface area contributed by atoms with E-state index in [0.717, 1.165) is 16.9 Å². The summed E-state index contributed by atoms with van der Waals surface area (Å²) in [7, 11) is 0. The number of aromatic nitrogens is 4. The van der Waals surface area contributed by atoms with Crippen molar-refractivity contribution in [3.05, 3.63) is 48.7 Å². The van der Waals surface area contributed by atoms with Crippen LogP contribution in [0.5, 0.6) is 0 Å². The van der Waals surface area contributed by atoms with Crippen LogP contribution in [0, 0.1) is 0 Å². The Balaban J connectivity index is 2.02. The fraction of sp³-hybridized carbons (Fsp3) is 0.214. The second-order valence-electron chi connectivity index (χ2n) is 4.70. The molecule has 1 N–H and O–H groups in total. The third-order valence-corrected chi connectivity index (χ3v) is 3.04. The molecule has 2 aromatic heterocycles. The van der Waals surface area contributed by atoms with Crippen molar-refractivity contribution in [1.29, 1.82) is 0 Å². The van der Waals surface area contributed by atoms with Gasteiger partial charge in [-0.2, -0.15) is 0 Å². The van der Waals surface area contributed by atoms with Crippen LogP contribution in [0.2, 0.25) is 0 Å². The standard InChI is InChI=1S/C14H15N5/c1-10(2)11-5-3-4-6-12(11)18-19-9-17-13-7-15-8-16-14(13)19/h3-10,18H,1-2H3. The monoisotopic (exact) mass is 253 g/mol. The number of hydrogen-bond donors (Lipinski definition) is 1. The third kappa shape index (κ3) is 2.14. The second kappa shape index (κ2) is 4.68. The van der Waals surface area contributed by atoms with Gasteiger partial charge in [-0.05, 0) is 17.5 Å². The van der Waals surface area contributed by atoms with Crippen LogP contribution in [0.1, 0.15) is 25.3 Å². The fourth-order valence-corrected chi connectivity index (χ4v) is 2.08. The number of imidazole rings is 1. The molecule has 5 heteroatoms. The van der Waals surface area contributed by atoms with Crippen molar-refractivity contribution in [3.8, 4) is 0 Å². The van der Waals surface area contributed by atoms with Crippen molar-refractivity contribution in [1.82, 2.24) is 19.6 Å². The first-order valence-corrected chi connectivity index (χ1v) is 6.24. The van der Waals surface area contributed by atoms with Crippen LogP contribution in [0.25, 0.3) is 11.2 Å². The normalized spacial score (nSPS) is 11.1. The Morgan fingerprint density at radius 1 is 1.16 bits per heavy atom. The first-order valence-electron chi connectivity index (χ1n) is 6.24. The lowest BCUT2D eigenvalue weighted by Gasteiger charge is -2.14. The van der Waals surface area contributed by atoms with E-state index in [1.165, 1.54) is 11.9 Å². The Kier molecular flexibility index (Phi) is 2.87. The molecule has 0 fully saturated rings. The van der Waals surface area contributed by atoms with Crippen LogP contribution < -0.4 is 5.43 Å². The predicted octanol–water partition coefficient (Wildman–Crippen LogP) is 2.82. The van der Waals surface area contributed by atoms with E-state index in [4.69, 9.17) is 0 Å². The van der Waals surface area contributed by atoms with E-state index in [1.807, 2.05) is 10.7 Å². The van der Waals surface area contributed by atoms with Crippen LogP contribution in [-0.2, 0) is 0 Å². The zero-order valence-corrected chi connectivity index (χ0v) is 10.9. The average molecular weight is 253 g/mol. The number of fused-ring (bicyclic) bond motifs is 1. The van der Waals surface area contributed by atoms with Crippen molar-refractivity contribution >= 4 is 16.9 Å². The van der Waals surface area contributed by atoms with Crippen LogP contribution in [0.15, 0.2) is 43.1 Å². The molecule has 2 heterocycles. The van der Waals surface area contributed by atoms with Gasteiger partial charge in [0.05, 0.1) is 11.9 Å². The number of rotatable bonds is 3. The first-order chi connectivity index (χ1) is 9.25. The van der Waals surface area contributed by atoms with Gasteiger partial charge in [0.2, 0.25) is 0 Å². The van der Waals surface area contributed by atoms with Gasteiger partial charge in [-0.1, -0.05) is 32.0 Å². The minimum Gasteiger partial charge on any atom is -0.291 e. The largest absolute Gasteiger partial charge is 0.291 e. The van der Waals surface area contributed by atoms with Gasteiger partial charge in [-0.15, -0.1) is 0 Å². The molecule has 0 aliphatic carbocycles. The van der Waals surface area contributed by atoms with Gasteiger partial charge in [0.1, 0.15) is 18.2 Å². The SMILES string of the molecule is CC(C)c1ccccc1Nn1cnc2cncnc21. The molecule has 96 valence electrons. The second-order valence-corrected chi connectivity index (χ2v) is 4.70. The quantitative estimate of drug-likeness (QED) is 0.779. The Labute approximate surface area is 111 Å². The summed E-state index contributed by atoms with van der Waals surface area (Å²) in [5, 5.41) is 0. The summed E-state index contributed by atoms with van der Waals surface area (Å²) in [6, 6.07) is 8.25. The number of para-hydroxylation sites is 1. The van der Waals surface area contributed by atoms with Crippen LogP contribution in [-0.4, -0.2) is 19.6 Å². The Bertz CT molecular complexity index is 702. The minimum absolute atomic E-state index is 0.452. The number of benzene rings is 1. The highest BCUT2D eigenvalue weighted by atomic mass is 15.4. The van der Waals surface area contributed by atoms with E-state index in [-0.39, 0.29) is 0 Å². The fourth-order valence-electron chi connectivity index (χ4n) is 2.08. The zero-order valence-electron chi connectivity index (χ0n) is 10.9. The molecule has 0 amide bonds. The number of nitrogens with one attached hydrogen (secondary N) is 1. The molecule has 19 heavy (non-hydrogen) atoms. The molecule has 0 radical (unpaired) electrons. The predicted molar refractivity (Wildman–Crippen MR) is 74.9 cm³/mol. The van der Waals surface area contributed by atoms with Crippen LogP contribution in [0.4, 0.5) is 5.69 Å². The lowest BCUT2D eigenvalue weighted by atomic mass is 10.0. The third-order valence-electron chi connectivity index (χ3n) is 3.04. The maximum Gasteiger partial charge on any atom is 0.182 e. The molecule has 0 atom stereocenters. The molecule has 0 saturated heterocycles. The van der Waals surface area contributed by atoms with Gasteiger partial charge >= 0.3 is 0 Å². The summed E-state index contributed by atoms with van der Waals surface area (Å²) in [6.07, 6.45) is 4.95. The van der Waals surface area contributed by atoms with E-state index in [9.17, 15) is 0 Å². The van der Waals surface area contributed by atoms with Gasteiger partial charge in [-0.25, -0.2) is 19.6 Å². The van der Waals surface area contributed by atoms with Crippen molar-refractivity contribution in [3.63, 3.8) is 0 Å². The van der Waals surface area contributed by atoms with E-state index in [0.29, 0.717) is 5.92 Å². The van der Waals surface area contributed by atoms with Crippen molar-refractivity contribution in [2.24, 2.45) is 0 Å². The summed E-state index contributed by atoms with van der Waals surface area (Å²) in [5.74, 6) is 0.452. The Morgan fingerprint density at radius 3 is 2.84 bits per heavy atom. The topological polar surface area (TPSA) is 55.6 Å². The molecule has 0 aliphatic rings. The van der Waals surface area contributed by atoms with Crippen molar-refractivity contribution in [2.75, 3.05) is 5.43 Å². The van der Waals surface area contributed by atoms with Crippen LogP contribution in [0.3, 0.4) is 0 Å². The number of nitrogens with zero attached hydrogens (tertiary/aromatic N) is 4. The van der Waals surface area contributed by atoms with Gasteiger partial charge < -0.3 is 0 Å². The highest BCUT2D eigenvalue weighted by molar-refractivity contribution is 5.70. The molecule has 3 aromatic rings. The summed E-state index contributed by atoms with van der Waals surface area (Å²) in [5.41, 5.74) is 7.22. The van der Waals surface area contributed by atoms with E-state index in [2.05, 4.69) is 52.4 Å². The lowest BCUT2D eigenvalue weighted by Crippen LogP contribution is -2.10. The lowest BCUT2D eigenvalue weighted by molar-refractivity contribution is 0.857. The molecular formula is C14H15N5. The highest BCUT2D eigenvalue weighted by Crippen LogP contribution is 2.24. The molecular weight excluding hydrogens is 238 g/mol. The molecule has 0 aliphatic heterocycles. The minimum atomic E-state index is 0.452. The summed E-state index contributed by atoms with van der Waals surface area (Å²) in [4.78, 5) is 12.5. The maximum atomic E-state index is 4.26. The molecule has 5 nitrogen and oxygen atoms in total. The Morgan fingerprint density at radius 2 is 2.00 bits per heavy atom. The first kappa shape index (κ1) is 11.6. The van der Waals surface area contributed by atoms with Gasteiger partial charge in [-0.3, -0.25) is 5.43 Å². The molecule has 1 aromatic carbocycles. The van der Waals surface area contributed by atoms with Crippen molar-refractivity contribution in [2.45, 2.75) is 19.8 Å². The van der Waals surface area contributed by atoms with E-state index >= 15 is 0 Å². The van der Waals surface area contributed by atoms with Crippen LogP contribution >= 0.6 is 0 Å². The average Bonchev–Trinajstić information content (AvgIpc) is 2.83. The molecule has 0 bridgehead atoms. The number of hydrogen-bond acceptors (Lipinski definition) is 4.